The Morgan fingerprint density at radius 1 is 1.57 bits per heavy atom. The SMILES string of the molecule is CCOC(=O)c1nnn(CCCC2CCCO2)c1C(F)F. The molecule has 1 aliphatic heterocycles. The van der Waals surface area contributed by atoms with E-state index in [4.69, 9.17) is 9.47 Å². The number of hydrogen-bond acceptors (Lipinski definition) is 5. The highest BCUT2D eigenvalue weighted by Crippen LogP contribution is 2.23. The van der Waals surface area contributed by atoms with Crippen molar-refractivity contribution in [2.75, 3.05) is 13.2 Å². The number of carbonyl (C=O) groups is 1. The Hall–Kier alpha value is -1.57. The Balaban J connectivity index is 1.99. The van der Waals surface area contributed by atoms with Gasteiger partial charge in [0.2, 0.25) is 0 Å². The van der Waals surface area contributed by atoms with Gasteiger partial charge in [0.05, 0.1) is 12.7 Å². The molecule has 0 aromatic carbocycles. The first-order valence-electron chi connectivity index (χ1n) is 7.13. The van der Waals surface area contributed by atoms with Crippen molar-refractivity contribution in [2.45, 2.75) is 51.7 Å². The Morgan fingerprint density at radius 2 is 2.38 bits per heavy atom. The Bertz CT molecular complexity index is 473. The molecule has 21 heavy (non-hydrogen) atoms. The number of alkyl halides is 2. The highest BCUT2D eigenvalue weighted by molar-refractivity contribution is 5.88. The molecule has 0 saturated carbocycles. The largest absolute Gasteiger partial charge is 0.461 e. The number of nitrogens with zero attached hydrogens (tertiary/aromatic N) is 3. The Kier molecular flexibility index (Phi) is 5.60. The molecule has 0 bridgehead atoms. The number of rotatable bonds is 7. The van der Waals surface area contributed by atoms with E-state index in [9.17, 15) is 13.6 Å². The zero-order valence-electron chi connectivity index (χ0n) is 11.9. The molecule has 1 saturated heterocycles. The second-order valence-electron chi connectivity index (χ2n) is 4.84. The summed E-state index contributed by atoms with van der Waals surface area (Å²) in [6, 6.07) is 0. The van der Waals surface area contributed by atoms with E-state index in [0.717, 1.165) is 30.6 Å². The Morgan fingerprint density at radius 3 is 3.00 bits per heavy atom. The number of ether oxygens (including phenoxy) is 2. The quantitative estimate of drug-likeness (QED) is 0.723. The smallest absolute Gasteiger partial charge is 0.361 e. The molecule has 0 N–H and O–H groups in total. The van der Waals surface area contributed by atoms with Crippen LogP contribution in [0.15, 0.2) is 0 Å². The third-order valence-corrected chi connectivity index (χ3v) is 3.37. The molecule has 0 radical (unpaired) electrons. The van der Waals surface area contributed by atoms with Gasteiger partial charge in [-0.2, -0.15) is 0 Å². The summed E-state index contributed by atoms with van der Waals surface area (Å²) in [6.45, 7) is 2.76. The molecule has 1 aliphatic rings. The lowest BCUT2D eigenvalue weighted by Crippen LogP contribution is -2.13. The van der Waals surface area contributed by atoms with Crippen molar-refractivity contribution in [1.82, 2.24) is 15.0 Å². The van der Waals surface area contributed by atoms with Crippen LogP contribution in [0.25, 0.3) is 0 Å². The van der Waals surface area contributed by atoms with Gasteiger partial charge in [-0.3, -0.25) is 0 Å². The van der Waals surface area contributed by atoms with E-state index in [1.807, 2.05) is 0 Å². The fourth-order valence-corrected chi connectivity index (χ4v) is 2.39. The maximum atomic E-state index is 13.1. The monoisotopic (exact) mass is 303 g/mol. The van der Waals surface area contributed by atoms with E-state index in [2.05, 4.69) is 10.3 Å². The molecule has 118 valence electrons. The molecule has 0 aliphatic carbocycles. The van der Waals surface area contributed by atoms with Gasteiger partial charge in [0.15, 0.2) is 5.69 Å². The lowest BCUT2D eigenvalue weighted by Gasteiger charge is -2.10. The minimum Gasteiger partial charge on any atom is -0.461 e. The van der Waals surface area contributed by atoms with Crippen LogP contribution < -0.4 is 0 Å². The first-order chi connectivity index (χ1) is 10.1. The summed E-state index contributed by atoms with van der Waals surface area (Å²) in [5.41, 5.74) is -0.871. The standard InChI is InChI=1S/C13H19F2N3O3/c1-2-20-13(19)10-11(12(14)15)18(17-16-10)7-3-5-9-6-4-8-21-9/h9,12H,2-8H2,1H3. The fraction of sp³-hybridized carbons (Fsp3) is 0.769. The van der Waals surface area contributed by atoms with Gasteiger partial charge < -0.3 is 9.47 Å². The molecule has 6 nitrogen and oxygen atoms in total. The van der Waals surface area contributed by atoms with E-state index in [1.54, 1.807) is 6.92 Å². The molecular weight excluding hydrogens is 284 g/mol. The van der Waals surface area contributed by atoms with Crippen LogP contribution in [0.1, 0.15) is 55.2 Å². The normalized spacial score (nSPS) is 18.4. The second-order valence-corrected chi connectivity index (χ2v) is 4.84. The summed E-state index contributed by atoms with van der Waals surface area (Å²) in [7, 11) is 0. The minimum atomic E-state index is -2.82. The van der Waals surface area contributed by atoms with Gasteiger partial charge in [0.1, 0.15) is 5.69 Å². The topological polar surface area (TPSA) is 66.2 Å². The van der Waals surface area contributed by atoms with Gasteiger partial charge in [-0.05, 0) is 32.6 Å². The summed E-state index contributed by atoms with van der Waals surface area (Å²) < 4.78 is 37.5. The summed E-state index contributed by atoms with van der Waals surface area (Å²) in [5, 5.41) is 7.18. The third kappa shape index (κ3) is 3.96. The highest BCUT2D eigenvalue weighted by Gasteiger charge is 2.27. The van der Waals surface area contributed by atoms with E-state index in [0.29, 0.717) is 6.42 Å². The zero-order valence-corrected chi connectivity index (χ0v) is 11.9. The lowest BCUT2D eigenvalue weighted by molar-refractivity contribution is 0.0506. The molecular formula is C13H19F2N3O3. The summed E-state index contributed by atoms with van der Waals surface area (Å²) >= 11 is 0. The lowest BCUT2D eigenvalue weighted by atomic mass is 10.1. The van der Waals surface area contributed by atoms with Gasteiger partial charge in [0.25, 0.3) is 6.43 Å². The number of hydrogen-bond donors (Lipinski definition) is 0. The number of esters is 1. The molecule has 8 heteroatoms. The van der Waals surface area contributed by atoms with E-state index >= 15 is 0 Å². The van der Waals surface area contributed by atoms with E-state index in [-0.39, 0.29) is 19.3 Å². The van der Waals surface area contributed by atoms with Crippen molar-refractivity contribution in [2.24, 2.45) is 0 Å². The first kappa shape index (κ1) is 15.8. The van der Waals surface area contributed by atoms with Crippen LogP contribution in [0.2, 0.25) is 0 Å². The highest BCUT2D eigenvalue weighted by atomic mass is 19.3. The van der Waals surface area contributed by atoms with Crippen molar-refractivity contribution < 1.29 is 23.0 Å². The maximum Gasteiger partial charge on any atom is 0.361 e. The van der Waals surface area contributed by atoms with Crippen molar-refractivity contribution in [1.29, 1.82) is 0 Å². The minimum absolute atomic E-state index is 0.105. The number of aryl methyl sites for hydroxylation is 1. The molecule has 1 aromatic heterocycles. The predicted molar refractivity (Wildman–Crippen MR) is 69.1 cm³/mol. The van der Waals surface area contributed by atoms with Crippen molar-refractivity contribution in [3.8, 4) is 0 Å². The van der Waals surface area contributed by atoms with E-state index in [1.165, 1.54) is 0 Å². The predicted octanol–water partition coefficient (Wildman–Crippen LogP) is 2.35. The molecule has 1 unspecified atom stereocenters. The van der Waals surface area contributed by atoms with Crippen LogP contribution >= 0.6 is 0 Å². The summed E-state index contributed by atoms with van der Waals surface area (Å²) in [6.07, 6.45) is 0.874. The van der Waals surface area contributed by atoms with Crippen LogP contribution in [0.3, 0.4) is 0 Å². The van der Waals surface area contributed by atoms with Crippen LogP contribution in [0, 0.1) is 0 Å². The van der Waals surface area contributed by atoms with Gasteiger partial charge >= 0.3 is 5.97 Å². The molecule has 2 heterocycles. The molecule has 1 atom stereocenters. The fourth-order valence-electron chi connectivity index (χ4n) is 2.39. The van der Waals surface area contributed by atoms with Crippen molar-refractivity contribution in [3.05, 3.63) is 11.4 Å². The number of halogens is 2. The third-order valence-electron chi connectivity index (χ3n) is 3.37. The average molecular weight is 303 g/mol. The first-order valence-corrected chi connectivity index (χ1v) is 7.13. The summed E-state index contributed by atoms with van der Waals surface area (Å²) in [5.74, 6) is -0.863. The van der Waals surface area contributed by atoms with Crippen LogP contribution in [-0.2, 0) is 16.0 Å². The van der Waals surface area contributed by atoms with Crippen LogP contribution in [0.5, 0.6) is 0 Å². The van der Waals surface area contributed by atoms with Crippen molar-refractivity contribution in [3.63, 3.8) is 0 Å². The van der Waals surface area contributed by atoms with Gasteiger partial charge in [0, 0.05) is 13.2 Å². The number of aromatic nitrogens is 3. The van der Waals surface area contributed by atoms with Crippen LogP contribution in [0.4, 0.5) is 8.78 Å². The van der Waals surface area contributed by atoms with Crippen molar-refractivity contribution >= 4 is 5.97 Å². The van der Waals surface area contributed by atoms with Gasteiger partial charge in [-0.25, -0.2) is 18.3 Å². The maximum absolute atomic E-state index is 13.1. The molecule has 1 aromatic rings. The van der Waals surface area contributed by atoms with E-state index < -0.39 is 23.8 Å². The zero-order chi connectivity index (χ0) is 15.2. The van der Waals surface area contributed by atoms with Gasteiger partial charge in [-0.1, -0.05) is 5.21 Å². The molecule has 0 amide bonds. The summed E-state index contributed by atoms with van der Waals surface area (Å²) in [4.78, 5) is 11.6. The van der Waals surface area contributed by atoms with Crippen LogP contribution in [-0.4, -0.2) is 40.3 Å². The molecule has 1 fully saturated rings. The molecule has 2 rings (SSSR count). The Labute approximate surface area is 121 Å². The molecule has 0 spiro atoms. The number of carbonyl (C=O) groups excluding carboxylic acids is 1. The van der Waals surface area contributed by atoms with Gasteiger partial charge in [-0.15, -0.1) is 5.10 Å². The second kappa shape index (κ2) is 7.44. The average Bonchev–Trinajstić information content (AvgIpc) is 3.08.